The summed E-state index contributed by atoms with van der Waals surface area (Å²) in [5.41, 5.74) is 1.71. The maximum Gasteiger partial charge on any atom is 0.319 e. The van der Waals surface area contributed by atoms with Gasteiger partial charge in [-0.05, 0) is 49.4 Å². The van der Waals surface area contributed by atoms with Gasteiger partial charge in [0.25, 0.3) is 5.69 Å². The molecule has 8 nitrogen and oxygen atoms in total. The van der Waals surface area contributed by atoms with Crippen LogP contribution in [0.5, 0.6) is 0 Å². The molecular weight excluding hydrogens is 465 g/mol. The average Bonchev–Trinajstić information content (AvgIpc) is 2.73. The van der Waals surface area contributed by atoms with Crippen molar-refractivity contribution in [2.24, 2.45) is 0 Å². The van der Waals surface area contributed by atoms with E-state index in [1.807, 2.05) is 24.3 Å². The van der Waals surface area contributed by atoms with Crippen molar-refractivity contribution >= 4 is 59.5 Å². The molecule has 0 saturated carbocycles. The molecule has 2 aromatic rings. The lowest BCUT2D eigenvalue weighted by atomic mass is 10.2. The molecule has 0 aliphatic carbocycles. The summed E-state index contributed by atoms with van der Waals surface area (Å²) in [6.45, 7) is 5.39. The van der Waals surface area contributed by atoms with Gasteiger partial charge in [-0.1, -0.05) is 11.6 Å². The fourth-order valence-electron chi connectivity index (χ4n) is 3.23. The molecule has 1 aliphatic heterocycles. The van der Waals surface area contributed by atoms with E-state index in [0.29, 0.717) is 12.2 Å². The average molecular weight is 491 g/mol. The first-order valence-corrected chi connectivity index (χ1v) is 9.91. The molecule has 1 heterocycles. The van der Waals surface area contributed by atoms with E-state index in [1.165, 1.54) is 30.0 Å². The van der Waals surface area contributed by atoms with Gasteiger partial charge in [0.2, 0.25) is 0 Å². The minimum Gasteiger partial charge on any atom is -0.369 e. The molecule has 0 unspecified atom stereocenters. The molecule has 0 bridgehead atoms. The lowest BCUT2D eigenvalue weighted by Gasteiger charge is -2.36. The van der Waals surface area contributed by atoms with E-state index in [4.69, 9.17) is 11.6 Å². The SMILES string of the molecule is Cl.Cl.O=C(NCCCN1CCN(c2ccc(Cl)cc2)CC1)Nc1ccc([N+](=O)[O-])cc1. The Morgan fingerprint density at radius 2 is 1.61 bits per heavy atom. The van der Waals surface area contributed by atoms with E-state index in [9.17, 15) is 14.9 Å². The third-order valence-electron chi connectivity index (χ3n) is 4.84. The van der Waals surface area contributed by atoms with Gasteiger partial charge in [0.1, 0.15) is 0 Å². The lowest BCUT2D eigenvalue weighted by molar-refractivity contribution is -0.384. The minimum absolute atomic E-state index is 0. The number of nitrogens with zero attached hydrogens (tertiary/aromatic N) is 3. The van der Waals surface area contributed by atoms with Gasteiger partial charge in [-0.3, -0.25) is 15.0 Å². The maximum absolute atomic E-state index is 11.9. The van der Waals surface area contributed by atoms with Crippen LogP contribution in [0.4, 0.5) is 21.9 Å². The standard InChI is InChI=1S/C20H24ClN5O3.2ClH/c21-16-2-6-18(7-3-16)25-14-12-24(13-15-25)11-1-10-22-20(27)23-17-4-8-19(9-5-17)26(28)29;;/h2-9H,1,10-15H2,(H2,22,23,27);2*1H. The van der Waals surface area contributed by atoms with Gasteiger partial charge in [0, 0.05) is 61.3 Å². The third kappa shape index (κ3) is 8.41. The van der Waals surface area contributed by atoms with Gasteiger partial charge in [-0.15, -0.1) is 24.8 Å². The van der Waals surface area contributed by atoms with Crippen LogP contribution in [0.1, 0.15) is 6.42 Å². The Morgan fingerprint density at radius 1 is 1.00 bits per heavy atom. The van der Waals surface area contributed by atoms with Crippen molar-refractivity contribution in [3.8, 4) is 0 Å². The van der Waals surface area contributed by atoms with Crippen molar-refractivity contribution < 1.29 is 9.72 Å². The van der Waals surface area contributed by atoms with Gasteiger partial charge >= 0.3 is 6.03 Å². The highest BCUT2D eigenvalue weighted by Gasteiger charge is 2.16. The number of benzene rings is 2. The summed E-state index contributed by atoms with van der Waals surface area (Å²) in [4.78, 5) is 26.8. The molecule has 0 radical (unpaired) electrons. The monoisotopic (exact) mass is 489 g/mol. The Kier molecular flexibility index (Phi) is 11.4. The van der Waals surface area contributed by atoms with Crippen molar-refractivity contribution in [3.63, 3.8) is 0 Å². The molecule has 0 spiro atoms. The number of rotatable bonds is 7. The molecule has 1 aliphatic rings. The first kappa shape index (κ1) is 26.8. The summed E-state index contributed by atoms with van der Waals surface area (Å²) in [5, 5.41) is 16.9. The predicted molar refractivity (Wildman–Crippen MR) is 129 cm³/mol. The molecule has 3 rings (SSSR count). The summed E-state index contributed by atoms with van der Waals surface area (Å²) < 4.78 is 0. The second-order valence-corrected chi connectivity index (χ2v) is 7.28. The van der Waals surface area contributed by atoms with Crippen LogP contribution < -0.4 is 15.5 Å². The van der Waals surface area contributed by atoms with E-state index in [1.54, 1.807) is 0 Å². The van der Waals surface area contributed by atoms with Crippen LogP contribution in [0.25, 0.3) is 0 Å². The second-order valence-electron chi connectivity index (χ2n) is 6.84. The fraction of sp³-hybridized carbons (Fsp3) is 0.350. The van der Waals surface area contributed by atoms with Crippen molar-refractivity contribution in [2.75, 3.05) is 49.5 Å². The number of non-ortho nitro benzene ring substituents is 1. The number of anilines is 2. The van der Waals surface area contributed by atoms with Crippen molar-refractivity contribution in [3.05, 3.63) is 63.7 Å². The summed E-state index contributed by atoms with van der Waals surface area (Å²) in [7, 11) is 0. The topological polar surface area (TPSA) is 90.8 Å². The van der Waals surface area contributed by atoms with Crippen molar-refractivity contribution in [2.45, 2.75) is 6.42 Å². The van der Waals surface area contributed by atoms with Crippen molar-refractivity contribution in [1.29, 1.82) is 0 Å². The summed E-state index contributed by atoms with van der Waals surface area (Å²) in [6, 6.07) is 13.4. The summed E-state index contributed by atoms with van der Waals surface area (Å²) in [6.07, 6.45) is 0.856. The molecule has 1 fully saturated rings. The van der Waals surface area contributed by atoms with Gasteiger partial charge in [0.15, 0.2) is 0 Å². The zero-order valence-corrected chi connectivity index (χ0v) is 19.2. The number of urea groups is 1. The third-order valence-corrected chi connectivity index (χ3v) is 5.09. The van der Waals surface area contributed by atoms with Crippen LogP contribution in [-0.4, -0.2) is 55.1 Å². The first-order valence-electron chi connectivity index (χ1n) is 9.53. The molecule has 1 saturated heterocycles. The number of hydrogen-bond acceptors (Lipinski definition) is 5. The highest BCUT2D eigenvalue weighted by Crippen LogP contribution is 2.19. The van der Waals surface area contributed by atoms with Gasteiger partial charge < -0.3 is 15.5 Å². The van der Waals surface area contributed by atoms with E-state index in [-0.39, 0.29) is 36.5 Å². The van der Waals surface area contributed by atoms with E-state index in [2.05, 4.69) is 20.4 Å². The number of piperazine rings is 1. The van der Waals surface area contributed by atoms with Crippen LogP contribution in [0.3, 0.4) is 0 Å². The second kappa shape index (κ2) is 13.2. The Morgan fingerprint density at radius 3 is 2.19 bits per heavy atom. The molecule has 2 amide bonds. The van der Waals surface area contributed by atoms with E-state index in [0.717, 1.165) is 44.2 Å². The summed E-state index contributed by atoms with van der Waals surface area (Å²) in [5.74, 6) is 0. The van der Waals surface area contributed by atoms with E-state index < -0.39 is 4.92 Å². The van der Waals surface area contributed by atoms with Gasteiger partial charge in [-0.2, -0.15) is 0 Å². The molecule has 2 aromatic carbocycles. The number of hydrogen-bond donors (Lipinski definition) is 2. The van der Waals surface area contributed by atoms with E-state index >= 15 is 0 Å². The highest BCUT2D eigenvalue weighted by atomic mass is 35.5. The highest BCUT2D eigenvalue weighted by molar-refractivity contribution is 6.30. The predicted octanol–water partition coefficient (Wildman–Crippen LogP) is 4.43. The molecule has 170 valence electrons. The lowest BCUT2D eigenvalue weighted by Crippen LogP contribution is -2.47. The van der Waals surface area contributed by atoms with Crippen LogP contribution in [0.15, 0.2) is 48.5 Å². The normalized spacial score (nSPS) is 13.5. The van der Waals surface area contributed by atoms with Crippen LogP contribution in [0, 0.1) is 10.1 Å². The fourth-order valence-corrected chi connectivity index (χ4v) is 3.35. The minimum atomic E-state index is -0.473. The number of amides is 2. The Hall–Kier alpha value is -2.26. The maximum atomic E-state index is 11.9. The quantitative estimate of drug-likeness (QED) is 0.340. The molecule has 0 atom stereocenters. The van der Waals surface area contributed by atoms with Crippen LogP contribution in [0.2, 0.25) is 5.02 Å². The zero-order valence-electron chi connectivity index (χ0n) is 16.8. The van der Waals surface area contributed by atoms with Gasteiger partial charge in [0.05, 0.1) is 4.92 Å². The number of carbonyl (C=O) groups excluding carboxylic acids is 1. The number of nitrogens with one attached hydrogen (secondary N) is 2. The molecule has 0 aromatic heterocycles. The van der Waals surface area contributed by atoms with Crippen LogP contribution in [-0.2, 0) is 0 Å². The number of nitro groups is 1. The number of nitro benzene ring substituents is 1. The Bertz CT molecular complexity index is 829. The number of halogens is 3. The Labute approximate surface area is 198 Å². The molecular formula is C20H26Cl3N5O3. The zero-order chi connectivity index (χ0) is 20.6. The molecule has 31 heavy (non-hydrogen) atoms. The first-order chi connectivity index (χ1) is 14.0. The van der Waals surface area contributed by atoms with Crippen molar-refractivity contribution in [1.82, 2.24) is 10.2 Å². The largest absolute Gasteiger partial charge is 0.369 e. The summed E-state index contributed by atoms with van der Waals surface area (Å²) >= 11 is 5.94. The molecule has 11 heteroatoms. The van der Waals surface area contributed by atoms with Crippen LogP contribution >= 0.6 is 36.4 Å². The molecule has 2 N–H and O–H groups in total. The number of carbonyl (C=O) groups is 1. The smallest absolute Gasteiger partial charge is 0.319 e. The Balaban J connectivity index is 0.00000240. The van der Waals surface area contributed by atoms with Gasteiger partial charge in [-0.25, -0.2) is 4.79 Å².